The largest absolute Gasteiger partial charge is 0.392 e. The Labute approximate surface area is 186 Å². The molecule has 4 heteroatoms. The molecule has 1 aliphatic carbocycles. The third-order valence-corrected chi connectivity index (χ3v) is 6.88. The summed E-state index contributed by atoms with van der Waals surface area (Å²) in [5, 5.41) is 14.4. The molecule has 3 unspecified atom stereocenters. The Morgan fingerprint density at radius 3 is 2.45 bits per heavy atom. The summed E-state index contributed by atoms with van der Waals surface area (Å²) in [5.74, 6) is -0.686. The van der Waals surface area contributed by atoms with Crippen molar-refractivity contribution >= 4 is 0 Å². The van der Waals surface area contributed by atoms with Gasteiger partial charge in [0, 0.05) is 18.2 Å². The van der Waals surface area contributed by atoms with E-state index < -0.39 is 17.7 Å². The second kappa shape index (κ2) is 9.79. The van der Waals surface area contributed by atoms with Crippen molar-refractivity contribution in [3.63, 3.8) is 0 Å². The minimum atomic E-state index is -0.580. The Hall–Kier alpha value is -1.78. The predicted molar refractivity (Wildman–Crippen MR) is 123 cm³/mol. The smallest absolute Gasteiger partial charge is 0.126 e. The van der Waals surface area contributed by atoms with Gasteiger partial charge in [0.15, 0.2) is 0 Å². The first-order valence-electron chi connectivity index (χ1n) is 11.6. The van der Waals surface area contributed by atoms with E-state index in [0.717, 1.165) is 25.3 Å². The number of aliphatic hydroxyl groups is 1. The number of hydrogen-bond donors (Lipinski definition) is 2. The van der Waals surface area contributed by atoms with Crippen LogP contribution in [0.1, 0.15) is 76.5 Å². The van der Waals surface area contributed by atoms with Crippen LogP contribution in [0.15, 0.2) is 42.5 Å². The molecule has 0 amide bonds. The van der Waals surface area contributed by atoms with Crippen LogP contribution in [0.5, 0.6) is 0 Å². The van der Waals surface area contributed by atoms with Crippen molar-refractivity contribution in [1.82, 2.24) is 5.32 Å². The van der Waals surface area contributed by atoms with Crippen LogP contribution in [0.4, 0.5) is 8.78 Å². The van der Waals surface area contributed by atoms with E-state index in [1.165, 1.54) is 29.7 Å². The molecule has 0 aliphatic heterocycles. The first kappa shape index (κ1) is 23.9. The van der Waals surface area contributed by atoms with Crippen LogP contribution in [-0.2, 0) is 17.4 Å². The Morgan fingerprint density at radius 2 is 1.81 bits per heavy atom. The van der Waals surface area contributed by atoms with Crippen LogP contribution < -0.4 is 5.32 Å². The summed E-state index contributed by atoms with van der Waals surface area (Å²) in [6.45, 7) is 9.46. The first-order valence-corrected chi connectivity index (χ1v) is 11.6. The summed E-state index contributed by atoms with van der Waals surface area (Å²) in [7, 11) is 0. The molecular weight excluding hydrogens is 392 g/mol. The normalized spacial score (nSPS) is 23.0. The van der Waals surface area contributed by atoms with Crippen LogP contribution in [0.3, 0.4) is 0 Å². The van der Waals surface area contributed by atoms with Gasteiger partial charge in [-0.1, -0.05) is 64.8 Å². The molecule has 1 fully saturated rings. The van der Waals surface area contributed by atoms with E-state index in [1.807, 2.05) is 0 Å². The maximum atomic E-state index is 13.4. The minimum Gasteiger partial charge on any atom is -0.392 e. The summed E-state index contributed by atoms with van der Waals surface area (Å²) in [6, 6.07) is 12.4. The average molecular weight is 430 g/mol. The summed E-state index contributed by atoms with van der Waals surface area (Å²) in [4.78, 5) is 0. The molecule has 0 bridgehead atoms. The highest BCUT2D eigenvalue weighted by atomic mass is 19.1. The fraction of sp³-hybridized carbons (Fsp3) is 0.556. The number of aryl methyl sites for hydroxylation is 1. The summed E-state index contributed by atoms with van der Waals surface area (Å²) in [6.07, 6.45) is 4.92. The van der Waals surface area contributed by atoms with E-state index in [0.29, 0.717) is 30.9 Å². The highest BCUT2D eigenvalue weighted by Crippen LogP contribution is 2.42. The zero-order valence-corrected chi connectivity index (χ0v) is 19.3. The van der Waals surface area contributed by atoms with Gasteiger partial charge in [-0.2, -0.15) is 0 Å². The van der Waals surface area contributed by atoms with Crippen molar-refractivity contribution in [2.45, 2.75) is 83.3 Å². The Bertz CT molecular complexity index is 856. The zero-order chi connectivity index (χ0) is 22.6. The second-order valence-electron chi connectivity index (χ2n) is 10.3. The predicted octanol–water partition coefficient (Wildman–Crippen LogP) is 6.25. The van der Waals surface area contributed by atoms with E-state index in [1.54, 1.807) is 0 Å². The van der Waals surface area contributed by atoms with Crippen LogP contribution in [0.25, 0.3) is 0 Å². The Kier molecular flexibility index (Phi) is 7.54. The Balaban J connectivity index is 1.73. The molecule has 1 aliphatic rings. The van der Waals surface area contributed by atoms with Crippen LogP contribution in [0.2, 0.25) is 0 Å². The fourth-order valence-electron chi connectivity index (χ4n) is 4.89. The van der Waals surface area contributed by atoms with Crippen molar-refractivity contribution in [3.05, 3.63) is 70.8 Å². The molecule has 170 valence electrons. The molecule has 3 atom stereocenters. The topological polar surface area (TPSA) is 32.3 Å². The second-order valence-corrected chi connectivity index (χ2v) is 10.3. The number of hydrogen-bond acceptors (Lipinski definition) is 2. The van der Waals surface area contributed by atoms with Gasteiger partial charge in [-0.25, -0.2) is 8.78 Å². The van der Waals surface area contributed by atoms with Gasteiger partial charge in [0.05, 0.1) is 6.10 Å². The zero-order valence-electron chi connectivity index (χ0n) is 19.3. The number of benzene rings is 2. The van der Waals surface area contributed by atoms with Crippen molar-refractivity contribution in [2.75, 3.05) is 6.54 Å². The average Bonchev–Trinajstić information content (AvgIpc) is 2.71. The number of aliphatic hydroxyl groups excluding tert-OH is 1. The van der Waals surface area contributed by atoms with Gasteiger partial charge in [-0.05, 0) is 65.8 Å². The lowest BCUT2D eigenvalue weighted by molar-refractivity contribution is 0.105. The molecule has 0 heterocycles. The van der Waals surface area contributed by atoms with E-state index in [2.05, 4.69) is 57.3 Å². The quantitative estimate of drug-likeness (QED) is 0.545. The van der Waals surface area contributed by atoms with Gasteiger partial charge in [-0.15, -0.1) is 0 Å². The van der Waals surface area contributed by atoms with Gasteiger partial charge in [-0.3, -0.25) is 0 Å². The molecule has 0 radical (unpaired) electrons. The Morgan fingerprint density at radius 1 is 1.10 bits per heavy atom. The SMILES string of the molecule is CC1CCCCC1(NCC(O)CCc1cc(F)cc(F)c1)c1cccc(C(C)(C)C)c1. The molecule has 2 N–H and O–H groups in total. The summed E-state index contributed by atoms with van der Waals surface area (Å²) in [5.41, 5.74) is 3.11. The van der Waals surface area contributed by atoms with Gasteiger partial charge >= 0.3 is 0 Å². The van der Waals surface area contributed by atoms with Crippen molar-refractivity contribution in [1.29, 1.82) is 0 Å². The van der Waals surface area contributed by atoms with Crippen molar-refractivity contribution < 1.29 is 13.9 Å². The van der Waals surface area contributed by atoms with Gasteiger partial charge < -0.3 is 10.4 Å². The van der Waals surface area contributed by atoms with Crippen LogP contribution in [-0.4, -0.2) is 17.8 Å². The number of halogens is 2. The first-order chi connectivity index (χ1) is 14.6. The van der Waals surface area contributed by atoms with Crippen LogP contribution in [0, 0.1) is 17.6 Å². The van der Waals surface area contributed by atoms with E-state index >= 15 is 0 Å². The molecule has 0 aromatic heterocycles. The maximum Gasteiger partial charge on any atom is 0.126 e. The number of rotatable bonds is 7. The molecule has 3 rings (SSSR count). The van der Waals surface area contributed by atoms with Crippen molar-refractivity contribution in [2.24, 2.45) is 5.92 Å². The third-order valence-electron chi connectivity index (χ3n) is 6.88. The van der Waals surface area contributed by atoms with E-state index in [4.69, 9.17) is 0 Å². The van der Waals surface area contributed by atoms with Gasteiger partial charge in [0.2, 0.25) is 0 Å². The molecule has 2 aromatic carbocycles. The minimum absolute atomic E-state index is 0.0782. The molecule has 0 spiro atoms. The molecule has 0 saturated heterocycles. The van der Waals surface area contributed by atoms with E-state index in [9.17, 15) is 13.9 Å². The van der Waals surface area contributed by atoms with E-state index in [-0.39, 0.29) is 11.0 Å². The maximum absolute atomic E-state index is 13.4. The standard InChI is InChI=1S/C27H37F2NO/c1-19-8-5-6-13-27(19,22-10-7-9-21(16-22)26(2,3)4)30-18-25(31)12-11-20-14-23(28)17-24(29)15-20/h7,9-10,14-17,19,25,30-31H,5-6,8,11-13,18H2,1-4H3. The molecular formula is C27H37F2NO. The van der Waals surface area contributed by atoms with Crippen LogP contribution >= 0.6 is 0 Å². The monoisotopic (exact) mass is 429 g/mol. The number of nitrogens with one attached hydrogen (secondary N) is 1. The summed E-state index contributed by atoms with van der Waals surface area (Å²) < 4.78 is 26.9. The third kappa shape index (κ3) is 5.93. The lowest BCUT2D eigenvalue weighted by atomic mass is 9.68. The highest BCUT2D eigenvalue weighted by molar-refractivity contribution is 5.34. The van der Waals surface area contributed by atoms with Crippen molar-refractivity contribution in [3.8, 4) is 0 Å². The molecule has 1 saturated carbocycles. The molecule has 2 aromatic rings. The lowest BCUT2D eigenvalue weighted by Gasteiger charge is -2.45. The highest BCUT2D eigenvalue weighted by Gasteiger charge is 2.40. The van der Waals surface area contributed by atoms with Gasteiger partial charge in [0.25, 0.3) is 0 Å². The summed E-state index contributed by atoms with van der Waals surface area (Å²) >= 11 is 0. The lowest BCUT2D eigenvalue weighted by Crippen LogP contribution is -2.51. The molecule has 2 nitrogen and oxygen atoms in total. The fourth-order valence-corrected chi connectivity index (χ4v) is 4.89. The van der Waals surface area contributed by atoms with Gasteiger partial charge in [0.1, 0.15) is 11.6 Å². The molecule has 31 heavy (non-hydrogen) atoms.